The van der Waals surface area contributed by atoms with E-state index in [0.29, 0.717) is 6.04 Å². The first kappa shape index (κ1) is 13.2. The topological polar surface area (TPSA) is 33.3 Å². The molecule has 1 unspecified atom stereocenters. The minimum atomic E-state index is 0.710. The largest absolute Gasteiger partial charge is 0.496 e. The van der Waals surface area contributed by atoms with Crippen LogP contribution in [0.5, 0.6) is 5.75 Å². The first-order valence-corrected chi connectivity index (χ1v) is 6.97. The summed E-state index contributed by atoms with van der Waals surface area (Å²) in [4.78, 5) is 0. The first-order valence-electron chi connectivity index (χ1n) is 6.97. The molecule has 1 aliphatic heterocycles. The van der Waals surface area contributed by atoms with E-state index in [1.165, 1.54) is 37.1 Å². The molecule has 0 radical (unpaired) electrons. The molecule has 0 saturated carbocycles. The number of ether oxygens (including phenoxy) is 1. The molecule has 2 rings (SSSR count). The predicted molar refractivity (Wildman–Crippen MR) is 76.5 cm³/mol. The Balaban J connectivity index is 1.84. The SMILES string of the molecule is CCc1cc(NCCC2CCCN2)ccc1OC. The van der Waals surface area contributed by atoms with Gasteiger partial charge in [0.1, 0.15) is 5.75 Å². The van der Waals surface area contributed by atoms with Gasteiger partial charge in [-0.05, 0) is 56.0 Å². The zero-order valence-corrected chi connectivity index (χ0v) is 11.5. The summed E-state index contributed by atoms with van der Waals surface area (Å²) in [5.74, 6) is 0.987. The number of aryl methyl sites for hydroxylation is 1. The fourth-order valence-corrected chi connectivity index (χ4v) is 2.56. The van der Waals surface area contributed by atoms with Gasteiger partial charge in [-0.25, -0.2) is 0 Å². The lowest BCUT2D eigenvalue weighted by Crippen LogP contribution is -2.24. The molecule has 0 amide bonds. The molecule has 2 N–H and O–H groups in total. The Morgan fingerprint density at radius 1 is 1.44 bits per heavy atom. The third-order valence-corrected chi connectivity index (χ3v) is 3.65. The summed E-state index contributed by atoms with van der Waals surface area (Å²) in [6, 6.07) is 7.05. The molecular formula is C15H24N2O. The fraction of sp³-hybridized carbons (Fsp3) is 0.600. The Bertz CT molecular complexity index is 373. The fourth-order valence-electron chi connectivity index (χ4n) is 2.56. The molecule has 0 aromatic heterocycles. The first-order chi connectivity index (χ1) is 8.83. The lowest BCUT2D eigenvalue weighted by atomic mass is 10.1. The summed E-state index contributed by atoms with van der Waals surface area (Å²) in [7, 11) is 1.73. The quantitative estimate of drug-likeness (QED) is 0.812. The van der Waals surface area contributed by atoms with Crippen molar-refractivity contribution in [2.75, 3.05) is 25.5 Å². The maximum absolute atomic E-state index is 5.34. The highest BCUT2D eigenvalue weighted by molar-refractivity contribution is 5.51. The Hall–Kier alpha value is -1.22. The molecule has 3 nitrogen and oxygen atoms in total. The van der Waals surface area contributed by atoms with Crippen LogP contribution in [0.25, 0.3) is 0 Å². The van der Waals surface area contributed by atoms with Crippen LogP contribution in [-0.2, 0) is 6.42 Å². The molecule has 0 spiro atoms. The Kier molecular flexibility index (Phi) is 4.88. The van der Waals surface area contributed by atoms with Gasteiger partial charge in [-0.3, -0.25) is 0 Å². The van der Waals surface area contributed by atoms with Crippen LogP contribution < -0.4 is 15.4 Å². The van der Waals surface area contributed by atoms with Crippen LogP contribution in [0, 0.1) is 0 Å². The van der Waals surface area contributed by atoms with Crippen LogP contribution in [0.4, 0.5) is 5.69 Å². The second kappa shape index (κ2) is 6.64. The van der Waals surface area contributed by atoms with Gasteiger partial charge < -0.3 is 15.4 Å². The number of rotatable bonds is 6. The summed E-state index contributed by atoms with van der Waals surface area (Å²) in [5.41, 5.74) is 2.46. The molecule has 0 aliphatic carbocycles. The van der Waals surface area contributed by atoms with Gasteiger partial charge in [0.15, 0.2) is 0 Å². The molecule has 1 saturated heterocycles. The molecule has 1 heterocycles. The molecule has 100 valence electrons. The summed E-state index contributed by atoms with van der Waals surface area (Å²) in [6.45, 7) is 4.38. The second-order valence-electron chi connectivity index (χ2n) is 4.89. The highest BCUT2D eigenvalue weighted by Gasteiger charge is 2.12. The van der Waals surface area contributed by atoms with Crippen molar-refractivity contribution in [3.63, 3.8) is 0 Å². The van der Waals surface area contributed by atoms with Crippen LogP contribution >= 0.6 is 0 Å². The second-order valence-corrected chi connectivity index (χ2v) is 4.89. The van der Waals surface area contributed by atoms with Crippen molar-refractivity contribution >= 4 is 5.69 Å². The average molecular weight is 248 g/mol. The van der Waals surface area contributed by atoms with Crippen LogP contribution in [0.2, 0.25) is 0 Å². The van der Waals surface area contributed by atoms with Crippen molar-refractivity contribution < 1.29 is 4.74 Å². The molecule has 1 atom stereocenters. The monoisotopic (exact) mass is 248 g/mol. The lowest BCUT2D eigenvalue weighted by molar-refractivity contribution is 0.410. The van der Waals surface area contributed by atoms with E-state index in [-0.39, 0.29) is 0 Å². The van der Waals surface area contributed by atoms with Gasteiger partial charge in [0.2, 0.25) is 0 Å². The molecular weight excluding hydrogens is 224 g/mol. The zero-order chi connectivity index (χ0) is 12.8. The molecule has 3 heteroatoms. The smallest absolute Gasteiger partial charge is 0.122 e. The third kappa shape index (κ3) is 3.39. The normalized spacial score (nSPS) is 18.9. The summed E-state index contributed by atoms with van der Waals surface area (Å²) < 4.78 is 5.34. The zero-order valence-electron chi connectivity index (χ0n) is 11.5. The number of hydrogen-bond donors (Lipinski definition) is 2. The number of nitrogens with one attached hydrogen (secondary N) is 2. The molecule has 0 bridgehead atoms. The van der Waals surface area contributed by atoms with E-state index in [4.69, 9.17) is 4.74 Å². The Labute approximate surface area is 110 Å². The maximum atomic E-state index is 5.34. The van der Waals surface area contributed by atoms with Gasteiger partial charge in [0, 0.05) is 18.3 Å². The van der Waals surface area contributed by atoms with Crippen molar-refractivity contribution in [2.24, 2.45) is 0 Å². The van der Waals surface area contributed by atoms with Gasteiger partial charge in [0.05, 0.1) is 7.11 Å². The molecule has 1 aliphatic rings. The van der Waals surface area contributed by atoms with Gasteiger partial charge in [-0.1, -0.05) is 6.92 Å². The summed E-state index contributed by atoms with van der Waals surface area (Å²) >= 11 is 0. The summed E-state index contributed by atoms with van der Waals surface area (Å²) in [6.07, 6.45) is 4.86. The van der Waals surface area contributed by atoms with Crippen molar-refractivity contribution in [1.82, 2.24) is 5.32 Å². The van der Waals surface area contributed by atoms with Crippen LogP contribution in [0.3, 0.4) is 0 Å². The van der Waals surface area contributed by atoms with Gasteiger partial charge >= 0.3 is 0 Å². The van der Waals surface area contributed by atoms with E-state index < -0.39 is 0 Å². The standard InChI is InChI=1S/C15H24N2O/c1-3-12-11-14(6-7-15(12)18-2)17-10-8-13-5-4-9-16-13/h6-7,11,13,16-17H,3-5,8-10H2,1-2H3. The van der Waals surface area contributed by atoms with Gasteiger partial charge in [-0.2, -0.15) is 0 Å². The van der Waals surface area contributed by atoms with E-state index in [1.807, 2.05) is 0 Å². The van der Waals surface area contributed by atoms with Crippen molar-refractivity contribution in [3.8, 4) is 5.75 Å². The number of methoxy groups -OCH3 is 1. The van der Waals surface area contributed by atoms with E-state index >= 15 is 0 Å². The third-order valence-electron chi connectivity index (χ3n) is 3.65. The average Bonchev–Trinajstić information content (AvgIpc) is 2.91. The van der Waals surface area contributed by atoms with E-state index in [1.54, 1.807) is 7.11 Å². The molecule has 18 heavy (non-hydrogen) atoms. The number of hydrogen-bond acceptors (Lipinski definition) is 3. The van der Waals surface area contributed by atoms with Gasteiger partial charge in [-0.15, -0.1) is 0 Å². The van der Waals surface area contributed by atoms with Crippen molar-refractivity contribution in [1.29, 1.82) is 0 Å². The lowest BCUT2D eigenvalue weighted by Gasteiger charge is -2.13. The van der Waals surface area contributed by atoms with Crippen LogP contribution in [0.1, 0.15) is 31.7 Å². The maximum Gasteiger partial charge on any atom is 0.122 e. The minimum Gasteiger partial charge on any atom is -0.496 e. The predicted octanol–water partition coefficient (Wildman–Crippen LogP) is 2.81. The highest BCUT2D eigenvalue weighted by atomic mass is 16.5. The van der Waals surface area contributed by atoms with Crippen molar-refractivity contribution in [3.05, 3.63) is 23.8 Å². The van der Waals surface area contributed by atoms with E-state index in [2.05, 4.69) is 35.8 Å². The molecule has 1 fully saturated rings. The molecule has 1 aromatic carbocycles. The number of benzene rings is 1. The highest BCUT2D eigenvalue weighted by Crippen LogP contribution is 2.23. The van der Waals surface area contributed by atoms with Gasteiger partial charge in [0.25, 0.3) is 0 Å². The van der Waals surface area contributed by atoms with Crippen LogP contribution in [0.15, 0.2) is 18.2 Å². The summed E-state index contributed by atoms with van der Waals surface area (Å²) in [5, 5.41) is 7.03. The minimum absolute atomic E-state index is 0.710. The van der Waals surface area contributed by atoms with E-state index in [0.717, 1.165) is 18.7 Å². The Morgan fingerprint density at radius 2 is 2.33 bits per heavy atom. The van der Waals surface area contributed by atoms with E-state index in [9.17, 15) is 0 Å². The molecule has 1 aromatic rings. The van der Waals surface area contributed by atoms with Crippen molar-refractivity contribution in [2.45, 2.75) is 38.6 Å². The number of anilines is 1. The Morgan fingerprint density at radius 3 is 3.00 bits per heavy atom. The van der Waals surface area contributed by atoms with Crippen LogP contribution in [-0.4, -0.2) is 26.2 Å².